The predicted octanol–water partition coefficient (Wildman–Crippen LogP) is 1.80. The Morgan fingerprint density at radius 1 is 1.14 bits per heavy atom. The number of para-hydroxylation sites is 1. The number of nitrogens with one attached hydrogen (secondary N) is 2. The van der Waals surface area contributed by atoms with Crippen molar-refractivity contribution in [1.29, 1.82) is 0 Å². The molecule has 0 bridgehead atoms. The fourth-order valence-electron chi connectivity index (χ4n) is 2.56. The van der Waals surface area contributed by atoms with Gasteiger partial charge >= 0.3 is 5.76 Å². The van der Waals surface area contributed by atoms with Crippen LogP contribution in [0.25, 0.3) is 10.8 Å². The van der Waals surface area contributed by atoms with Crippen molar-refractivity contribution in [2.45, 2.75) is 26.8 Å². The minimum atomic E-state index is -0.646. The molecule has 152 valence electrons. The van der Waals surface area contributed by atoms with Crippen LogP contribution in [0, 0.1) is 13.8 Å². The summed E-state index contributed by atoms with van der Waals surface area (Å²) in [5, 5.41) is 5.90. The first-order chi connectivity index (χ1) is 13.9. The van der Waals surface area contributed by atoms with E-state index in [1.54, 1.807) is 6.07 Å². The van der Waals surface area contributed by atoms with Gasteiger partial charge in [0.05, 0.1) is 11.4 Å². The van der Waals surface area contributed by atoms with E-state index >= 15 is 0 Å². The molecule has 1 aromatic carbocycles. The molecule has 29 heavy (non-hydrogen) atoms. The van der Waals surface area contributed by atoms with Crippen molar-refractivity contribution in [2.24, 2.45) is 0 Å². The van der Waals surface area contributed by atoms with Crippen molar-refractivity contribution < 1.29 is 18.7 Å². The van der Waals surface area contributed by atoms with Gasteiger partial charge in [-0.25, -0.2) is 4.79 Å². The van der Waals surface area contributed by atoms with Crippen LogP contribution in [0.3, 0.4) is 0 Å². The van der Waals surface area contributed by atoms with Crippen molar-refractivity contribution in [3.63, 3.8) is 0 Å². The third-order valence-electron chi connectivity index (χ3n) is 3.99. The van der Waals surface area contributed by atoms with Gasteiger partial charge in [0.15, 0.2) is 6.61 Å². The zero-order valence-electron chi connectivity index (χ0n) is 15.9. The van der Waals surface area contributed by atoms with E-state index in [1.807, 2.05) is 43.5 Å². The molecule has 9 nitrogen and oxygen atoms in total. The maximum atomic E-state index is 11.9. The summed E-state index contributed by atoms with van der Waals surface area (Å²) in [5.41, 5.74) is 6.40. The lowest BCUT2D eigenvalue weighted by Crippen LogP contribution is -2.44. The number of aryl methyl sites for hydroxylation is 3. The number of amides is 2. The molecule has 2 amide bonds. The summed E-state index contributed by atoms with van der Waals surface area (Å²) in [6.07, 6.45) is -0.0612. The smallest absolute Gasteiger partial charge is 0.437 e. The number of aromatic nitrogens is 2. The zero-order chi connectivity index (χ0) is 20.8. The summed E-state index contributed by atoms with van der Waals surface area (Å²) >= 11 is 1.39. The van der Waals surface area contributed by atoms with Gasteiger partial charge in [0.1, 0.15) is 5.75 Å². The van der Waals surface area contributed by atoms with Crippen LogP contribution in [0.4, 0.5) is 0 Å². The Morgan fingerprint density at radius 3 is 2.55 bits per heavy atom. The second kappa shape index (κ2) is 9.20. The van der Waals surface area contributed by atoms with Gasteiger partial charge in [0.2, 0.25) is 5.91 Å². The predicted molar refractivity (Wildman–Crippen MR) is 106 cm³/mol. The van der Waals surface area contributed by atoms with Crippen LogP contribution in [-0.4, -0.2) is 28.2 Å². The molecule has 2 aromatic heterocycles. The van der Waals surface area contributed by atoms with E-state index in [0.717, 1.165) is 20.7 Å². The molecule has 0 saturated heterocycles. The number of carbonyl (C=O) groups is 2. The standard InChI is InChI=1S/C19H20N4O5S/c1-12-5-3-6-13(2)17(12)27-11-16(25)21-20-15(24)8-9-23-19(26)28-18(22-23)14-7-4-10-29-14/h3-7,10H,8-9,11H2,1-2H3,(H,20,24)(H,21,25). The van der Waals surface area contributed by atoms with Crippen LogP contribution < -0.4 is 21.3 Å². The first-order valence-corrected chi connectivity index (χ1v) is 9.70. The number of hydrazine groups is 1. The van der Waals surface area contributed by atoms with E-state index in [-0.39, 0.29) is 25.5 Å². The average Bonchev–Trinajstić information content (AvgIpc) is 3.34. The molecular formula is C19H20N4O5S. The Hall–Kier alpha value is -3.40. The molecule has 2 heterocycles. The first kappa shape index (κ1) is 20.3. The highest BCUT2D eigenvalue weighted by Gasteiger charge is 2.13. The largest absolute Gasteiger partial charge is 0.483 e. The maximum Gasteiger partial charge on any atom is 0.437 e. The molecule has 10 heteroatoms. The topological polar surface area (TPSA) is 115 Å². The number of ether oxygens (including phenoxy) is 1. The van der Waals surface area contributed by atoms with Crippen molar-refractivity contribution in [1.82, 2.24) is 20.6 Å². The summed E-state index contributed by atoms with van der Waals surface area (Å²) in [4.78, 5) is 36.3. The van der Waals surface area contributed by atoms with Gasteiger partial charge < -0.3 is 9.15 Å². The molecule has 0 fully saturated rings. The number of nitrogens with zero attached hydrogens (tertiary/aromatic N) is 2. The maximum absolute atomic E-state index is 11.9. The number of hydrogen-bond acceptors (Lipinski definition) is 7. The van der Waals surface area contributed by atoms with Gasteiger partial charge in [-0.15, -0.1) is 16.4 Å². The second-order valence-corrected chi connectivity index (χ2v) is 7.18. The van der Waals surface area contributed by atoms with E-state index in [9.17, 15) is 14.4 Å². The summed E-state index contributed by atoms with van der Waals surface area (Å²) in [7, 11) is 0. The second-order valence-electron chi connectivity index (χ2n) is 6.23. The van der Waals surface area contributed by atoms with Gasteiger partial charge in [-0.1, -0.05) is 24.3 Å². The molecule has 0 spiro atoms. The van der Waals surface area contributed by atoms with Gasteiger partial charge in [0, 0.05) is 6.42 Å². The van der Waals surface area contributed by atoms with Gasteiger partial charge in [-0.3, -0.25) is 20.4 Å². The van der Waals surface area contributed by atoms with Gasteiger partial charge in [0.25, 0.3) is 11.8 Å². The zero-order valence-corrected chi connectivity index (χ0v) is 16.7. The lowest BCUT2D eigenvalue weighted by atomic mass is 10.1. The quantitative estimate of drug-likeness (QED) is 0.568. The Labute approximate surface area is 170 Å². The van der Waals surface area contributed by atoms with Crippen LogP contribution in [0.5, 0.6) is 5.75 Å². The lowest BCUT2D eigenvalue weighted by Gasteiger charge is -2.12. The Bertz CT molecular complexity index is 1030. The Morgan fingerprint density at radius 2 is 1.86 bits per heavy atom. The normalized spacial score (nSPS) is 10.6. The SMILES string of the molecule is Cc1cccc(C)c1OCC(=O)NNC(=O)CCn1nc(-c2cccs2)oc1=O. The monoisotopic (exact) mass is 416 g/mol. The molecule has 0 radical (unpaired) electrons. The van der Waals surface area contributed by atoms with Gasteiger partial charge in [-0.05, 0) is 36.4 Å². The molecule has 0 atom stereocenters. The minimum Gasteiger partial charge on any atom is -0.483 e. The highest BCUT2D eigenvalue weighted by atomic mass is 32.1. The van der Waals surface area contributed by atoms with Crippen LogP contribution in [0.2, 0.25) is 0 Å². The number of hydrogen-bond donors (Lipinski definition) is 2. The van der Waals surface area contributed by atoms with Crippen LogP contribution >= 0.6 is 11.3 Å². The average molecular weight is 416 g/mol. The first-order valence-electron chi connectivity index (χ1n) is 8.82. The van der Waals surface area contributed by atoms with E-state index in [4.69, 9.17) is 9.15 Å². The number of carbonyl (C=O) groups excluding carboxylic acids is 2. The van der Waals surface area contributed by atoms with Crippen LogP contribution in [-0.2, 0) is 16.1 Å². The molecule has 0 unspecified atom stereocenters. The molecule has 0 aliphatic heterocycles. The number of rotatable bonds is 7. The van der Waals surface area contributed by atoms with E-state index in [1.165, 1.54) is 11.3 Å². The third kappa shape index (κ3) is 5.32. The highest BCUT2D eigenvalue weighted by Crippen LogP contribution is 2.22. The molecule has 2 N–H and O–H groups in total. The lowest BCUT2D eigenvalue weighted by molar-refractivity contribution is -0.130. The van der Waals surface area contributed by atoms with Crippen LogP contribution in [0.15, 0.2) is 44.9 Å². The molecule has 0 aliphatic rings. The number of benzene rings is 1. The summed E-state index contributed by atoms with van der Waals surface area (Å²) < 4.78 is 11.7. The molecule has 3 rings (SSSR count). The fourth-order valence-corrected chi connectivity index (χ4v) is 3.20. The molecule has 0 aliphatic carbocycles. The van der Waals surface area contributed by atoms with E-state index in [0.29, 0.717) is 5.75 Å². The Kier molecular flexibility index (Phi) is 6.45. The minimum absolute atomic E-state index is 0.0221. The third-order valence-corrected chi connectivity index (χ3v) is 4.84. The summed E-state index contributed by atoms with van der Waals surface area (Å²) in [6.45, 7) is 3.56. The molecule has 3 aromatic rings. The van der Waals surface area contributed by atoms with Crippen molar-refractivity contribution in [3.8, 4) is 16.5 Å². The van der Waals surface area contributed by atoms with E-state index < -0.39 is 17.6 Å². The number of thiophene rings is 1. The summed E-state index contributed by atoms with van der Waals surface area (Å²) in [6, 6.07) is 9.28. The van der Waals surface area contributed by atoms with E-state index in [2.05, 4.69) is 16.0 Å². The van der Waals surface area contributed by atoms with Gasteiger partial charge in [-0.2, -0.15) is 4.68 Å². The molecular weight excluding hydrogens is 396 g/mol. The fraction of sp³-hybridized carbons (Fsp3) is 0.263. The summed E-state index contributed by atoms with van der Waals surface area (Å²) in [5.74, 6) is -0.770. The van der Waals surface area contributed by atoms with Crippen molar-refractivity contribution in [3.05, 3.63) is 57.4 Å². The molecule has 0 saturated carbocycles. The highest BCUT2D eigenvalue weighted by molar-refractivity contribution is 7.13. The van der Waals surface area contributed by atoms with Crippen LogP contribution in [0.1, 0.15) is 17.5 Å². The van der Waals surface area contributed by atoms with Crippen molar-refractivity contribution >= 4 is 23.2 Å². The van der Waals surface area contributed by atoms with Crippen molar-refractivity contribution in [2.75, 3.05) is 6.61 Å². The Balaban J connectivity index is 1.43.